The Bertz CT molecular complexity index is 506. The molecule has 0 aliphatic carbocycles. The van der Waals surface area contributed by atoms with Crippen molar-refractivity contribution >= 4 is 0 Å². The topological polar surface area (TPSA) is 25.8 Å². The van der Waals surface area contributed by atoms with Gasteiger partial charge in [0.25, 0.3) is 0 Å². The van der Waals surface area contributed by atoms with Crippen LogP contribution in [0.2, 0.25) is 0 Å². The van der Waals surface area contributed by atoms with Crippen molar-refractivity contribution < 1.29 is 0 Å². The quantitative estimate of drug-likeness (QED) is 0.791. The molecule has 0 saturated heterocycles. The zero-order valence-electron chi connectivity index (χ0n) is 10.6. The summed E-state index contributed by atoms with van der Waals surface area (Å²) in [6.07, 6.45) is 8.74. The Kier molecular flexibility index (Phi) is 3.52. The van der Waals surface area contributed by atoms with Crippen molar-refractivity contribution in [2.24, 2.45) is 0 Å². The van der Waals surface area contributed by atoms with Gasteiger partial charge in [-0.3, -0.25) is 9.97 Å². The lowest BCUT2D eigenvalue weighted by Crippen LogP contribution is -1.97. The molecule has 2 aromatic heterocycles. The summed E-state index contributed by atoms with van der Waals surface area (Å²) < 4.78 is 0. The van der Waals surface area contributed by atoms with Gasteiger partial charge in [0.1, 0.15) is 0 Å². The van der Waals surface area contributed by atoms with Crippen LogP contribution in [0, 0.1) is 6.92 Å². The minimum Gasteiger partial charge on any atom is -0.264 e. The van der Waals surface area contributed by atoms with Crippen LogP contribution in [0.25, 0.3) is 11.1 Å². The second-order valence-corrected chi connectivity index (χ2v) is 4.46. The van der Waals surface area contributed by atoms with Gasteiger partial charge in [-0.25, -0.2) is 0 Å². The van der Waals surface area contributed by atoms with Gasteiger partial charge >= 0.3 is 0 Å². The average Bonchev–Trinajstić information content (AvgIpc) is 2.38. The van der Waals surface area contributed by atoms with Crippen LogP contribution in [-0.2, 0) is 0 Å². The van der Waals surface area contributed by atoms with Crippen molar-refractivity contribution in [1.82, 2.24) is 9.97 Å². The van der Waals surface area contributed by atoms with Gasteiger partial charge in [0.15, 0.2) is 0 Å². The van der Waals surface area contributed by atoms with Gasteiger partial charge < -0.3 is 0 Å². The van der Waals surface area contributed by atoms with E-state index in [1.54, 1.807) is 0 Å². The van der Waals surface area contributed by atoms with Gasteiger partial charge in [-0.15, -0.1) is 0 Å². The maximum atomic E-state index is 4.25. The fourth-order valence-corrected chi connectivity index (χ4v) is 2.04. The molecule has 88 valence electrons. The van der Waals surface area contributed by atoms with Crippen molar-refractivity contribution in [1.29, 1.82) is 0 Å². The minimum atomic E-state index is 0.534. The molecular formula is C15H18N2. The highest BCUT2D eigenvalue weighted by atomic mass is 14.6. The number of aryl methyl sites for hydroxylation is 1. The first-order chi connectivity index (χ1) is 8.24. The van der Waals surface area contributed by atoms with Crippen LogP contribution in [0.4, 0.5) is 0 Å². The molecular weight excluding hydrogens is 208 g/mol. The SMILES string of the molecule is CCC(C)c1cnccc1-c1ccncc1C. The second-order valence-electron chi connectivity index (χ2n) is 4.46. The fraction of sp³-hybridized carbons (Fsp3) is 0.333. The summed E-state index contributed by atoms with van der Waals surface area (Å²) in [4.78, 5) is 8.40. The Morgan fingerprint density at radius 1 is 1.06 bits per heavy atom. The molecule has 0 saturated carbocycles. The maximum Gasteiger partial charge on any atom is 0.0308 e. The van der Waals surface area contributed by atoms with Gasteiger partial charge in [0.05, 0.1) is 0 Å². The zero-order chi connectivity index (χ0) is 12.3. The Balaban J connectivity index is 2.56. The molecule has 0 aliphatic heterocycles. The smallest absolute Gasteiger partial charge is 0.0308 e. The summed E-state index contributed by atoms with van der Waals surface area (Å²) in [6, 6.07) is 4.18. The van der Waals surface area contributed by atoms with Crippen molar-refractivity contribution in [3.8, 4) is 11.1 Å². The highest BCUT2D eigenvalue weighted by Gasteiger charge is 2.11. The predicted octanol–water partition coefficient (Wildman–Crippen LogP) is 3.97. The second kappa shape index (κ2) is 5.09. The van der Waals surface area contributed by atoms with E-state index in [4.69, 9.17) is 0 Å². The number of nitrogens with zero attached hydrogens (tertiary/aromatic N) is 2. The maximum absolute atomic E-state index is 4.25. The molecule has 2 nitrogen and oxygen atoms in total. The molecule has 2 rings (SSSR count). The highest BCUT2D eigenvalue weighted by Crippen LogP contribution is 2.31. The van der Waals surface area contributed by atoms with E-state index in [-0.39, 0.29) is 0 Å². The summed E-state index contributed by atoms with van der Waals surface area (Å²) in [7, 11) is 0. The van der Waals surface area contributed by atoms with E-state index in [1.807, 2.05) is 24.8 Å². The molecule has 0 radical (unpaired) electrons. The third-order valence-electron chi connectivity index (χ3n) is 3.31. The molecule has 17 heavy (non-hydrogen) atoms. The third-order valence-corrected chi connectivity index (χ3v) is 3.31. The lowest BCUT2D eigenvalue weighted by atomic mass is 9.91. The van der Waals surface area contributed by atoms with Gasteiger partial charge in [0.2, 0.25) is 0 Å². The Labute approximate surface area is 103 Å². The number of hydrogen-bond donors (Lipinski definition) is 0. The van der Waals surface area contributed by atoms with Crippen LogP contribution in [0.5, 0.6) is 0 Å². The summed E-state index contributed by atoms with van der Waals surface area (Å²) in [6.45, 7) is 6.56. The lowest BCUT2D eigenvalue weighted by Gasteiger charge is -2.15. The van der Waals surface area contributed by atoms with E-state index in [9.17, 15) is 0 Å². The fourth-order valence-electron chi connectivity index (χ4n) is 2.04. The number of hydrogen-bond acceptors (Lipinski definition) is 2. The van der Waals surface area contributed by atoms with Crippen molar-refractivity contribution in [2.75, 3.05) is 0 Å². The van der Waals surface area contributed by atoms with Crippen LogP contribution in [0.15, 0.2) is 36.9 Å². The van der Waals surface area contributed by atoms with Crippen molar-refractivity contribution in [2.45, 2.75) is 33.1 Å². The third kappa shape index (κ3) is 2.36. The molecule has 1 atom stereocenters. The molecule has 2 heteroatoms. The number of aromatic nitrogens is 2. The van der Waals surface area contributed by atoms with Crippen molar-refractivity contribution in [3.63, 3.8) is 0 Å². The van der Waals surface area contributed by atoms with Gasteiger partial charge in [-0.1, -0.05) is 13.8 Å². The average molecular weight is 226 g/mol. The predicted molar refractivity (Wildman–Crippen MR) is 70.9 cm³/mol. The highest BCUT2D eigenvalue weighted by molar-refractivity contribution is 5.69. The van der Waals surface area contributed by atoms with Crippen molar-refractivity contribution in [3.05, 3.63) is 48.0 Å². The molecule has 0 amide bonds. The number of pyridine rings is 2. The van der Waals surface area contributed by atoms with Crippen LogP contribution in [0.3, 0.4) is 0 Å². The van der Waals surface area contributed by atoms with E-state index in [0.29, 0.717) is 5.92 Å². The van der Waals surface area contributed by atoms with E-state index >= 15 is 0 Å². The minimum absolute atomic E-state index is 0.534. The van der Waals surface area contributed by atoms with Gasteiger partial charge in [0, 0.05) is 24.8 Å². The molecule has 0 aliphatic rings. The summed E-state index contributed by atoms with van der Waals surface area (Å²) in [5.41, 5.74) is 5.08. The molecule has 0 fully saturated rings. The van der Waals surface area contributed by atoms with Crippen LogP contribution in [0.1, 0.15) is 37.3 Å². The largest absolute Gasteiger partial charge is 0.264 e. The molecule has 2 aromatic rings. The first-order valence-electron chi connectivity index (χ1n) is 6.09. The molecule has 2 heterocycles. The van der Waals surface area contributed by atoms with E-state index in [2.05, 4.69) is 42.9 Å². The Morgan fingerprint density at radius 3 is 2.35 bits per heavy atom. The van der Waals surface area contributed by atoms with Gasteiger partial charge in [-0.2, -0.15) is 0 Å². The van der Waals surface area contributed by atoms with Crippen LogP contribution < -0.4 is 0 Å². The first-order valence-corrected chi connectivity index (χ1v) is 6.09. The standard InChI is InChI=1S/C15H18N2/c1-4-11(2)15-10-17-8-6-14(15)13-5-7-16-9-12(13)3/h5-11H,4H2,1-3H3. The summed E-state index contributed by atoms with van der Waals surface area (Å²) in [5.74, 6) is 0.534. The summed E-state index contributed by atoms with van der Waals surface area (Å²) >= 11 is 0. The van der Waals surface area contributed by atoms with Crippen LogP contribution in [-0.4, -0.2) is 9.97 Å². The molecule has 0 spiro atoms. The van der Waals surface area contributed by atoms with E-state index in [0.717, 1.165) is 6.42 Å². The first kappa shape index (κ1) is 11.8. The monoisotopic (exact) mass is 226 g/mol. The Morgan fingerprint density at radius 2 is 1.71 bits per heavy atom. The molecule has 0 N–H and O–H groups in total. The summed E-state index contributed by atoms with van der Waals surface area (Å²) in [5, 5.41) is 0. The Hall–Kier alpha value is -1.70. The van der Waals surface area contributed by atoms with E-state index in [1.165, 1.54) is 22.3 Å². The van der Waals surface area contributed by atoms with Gasteiger partial charge in [-0.05, 0) is 53.6 Å². The normalized spacial score (nSPS) is 12.4. The molecule has 0 bridgehead atoms. The van der Waals surface area contributed by atoms with Crippen LogP contribution >= 0.6 is 0 Å². The molecule has 1 unspecified atom stereocenters. The molecule has 0 aromatic carbocycles. The van der Waals surface area contributed by atoms with E-state index < -0.39 is 0 Å². The number of rotatable bonds is 3. The lowest BCUT2D eigenvalue weighted by molar-refractivity contribution is 0.731. The zero-order valence-corrected chi connectivity index (χ0v) is 10.6.